The Balaban J connectivity index is 1.72. The molecule has 1 saturated heterocycles. The lowest BCUT2D eigenvalue weighted by atomic mass is 10.2. The maximum Gasteiger partial charge on any atom is 0.237 e. The lowest BCUT2D eigenvalue weighted by molar-refractivity contribution is -0.122. The number of nitrogens with zero attached hydrogens (tertiary/aromatic N) is 1. The van der Waals surface area contributed by atoms with Gasteiger partial charge >= 0.3 is 0 Å². The minimum absolute atomic E-state index is 0.0623. The van der Waals surface area contributed by atoms with Gasteiger partial charge in [0.15, 0.2) is 5.95 Å². The zero-order valence-corrected chi connectivity index (χ0v) is 13.8. The standard InChI is InChI=1S/C11H17Br2N5O2/c12-5-3-6(17-9(5)13)10(20)15-2-1-8(19)7-4-16-11(14)18-7/h4-6,8-9,17,19H,1-3H2,(H,15,20)(H3,14,16,18). The molecule has 1 fully saturated rings. The van der Waals surface area contributed by atoms with Gasteiger partial charge in [-0.1, -0.05) is 31.9 Å². The third-order valence-electron chi connectivity index (χ3n) is 3.15. The van der Waals surface area contributed by atoms with Gasteiger partial charge in [0.25, 0.3) is 0 Å². The van der Waals surface area contributed by atoms with Crippen molar-refractivity contribution >= 4 is 43.7 Å². The van der Waals surface area contributed by atoms with E-state index in [-0.39, 0.29) is 27.7 Å². The number of imidazole rings is 1. The van der Waals surface area contributed by atoms with Crippen LogP contribution in [-0.2, 0) is 4.79 Å². The fourth-order valence-corrected chi connectivity index (χ4v) is 3.09. The number of aliphatic hydroxyl groups excluding tert-OH is 1. The SMILES string of the molecule is Nc1ncc(C(O)CCNC(=O)C2CC(Br)C(Br)N2)[nH]1. The summed E-state index contributed by atoms with van der Waals surface area (Å²) in [5.74, 6) is 0.206. The largest absolute Gasteiger partial charge is 0.387 e. The zero-order chi connectivity index (χ0) is 14.7. The highest BCUT2D eigenvalue weighted by Gasteiger charge is 2.34. The summed E-state index contributed by atoms with van der Waals surface area (Å²) >= 11 is 6.92. The van der Waals surface area contributed by atoms with Crippen molar-refractivity contribution in [3.05, 3.63) is 11.9 Å². The van der Waals surface area contributed by atoms with Crippen molar-refractivity contribution in [2.45, 2.75) is 34.8 Å². The van der Waals surface area contributed by atoms with Crippen LogP contribution in [0.25, 0.3) is 0 Å². The van der Waals surface area contributed by atoms with E-state index in [1.807, 2.05) is 0 Å². The van der Waals surface area contributed by atoms with E-state index in [1.54, 1.807) is 0 Å². The number of H-pyrrole nitrogens is 1. The van der Waals surface area contributed by atoms with Crippen LogP contribution in [0.2, 0.25) is 0 Å². The van der Waals surface area contributed by atoms with E-state index < -0.39 is 6.10 Å². The van der Waals surface area contributed by atoms with Gasteiger partial charge in [-0.15, -0.1) is 0 Å². The second kappa shape index (κ2) is 6.88. The van der Waals surface area contributed by atoms with Crippen molar-refractivity contribution in [1.82, 2.24) is 20.6 Å². The Morgan fingerprint density at radius 3 is 2.95 bits per heavy atom. The molecule has 1 aromatic heterocycles. The number of aromatic amines is 1. The molecular formula is C11H17Br2N5O2. The maximum atomic E-state index is 11.9. The highest BCUT2D eigenvalue weighted by molar-refractivity contribution is 9.12. The van der Waals surface area contributed by atoms with Crippen LogP contribution in [0.3, 0.4) is 0 Å². The molecule has 112 valence electrons. The lowest BCUT2D eigenvalue weighted by Crippen LogP contribution is -2.42. The second-order valence-electron chi connectivity index (χ2n) is 4.69. The molecule has 4 atom stereocenters. The summed E-state index contributed by atoms with van der Waals surface area (Å²) in [6.07, 6.45) is 1.90. The molecule has 2 heterocycles. The molecule has 9 heteroatoms. The minimum atomic E-state index is -0.718. The molecule has 1 aliphatic heterocycles. The summed E-state index contributed by atoms with van der Waals surface area (Å²) in [6, 6.07) is -0.219. The number of alkyl halides is 2. The van der Waals surface area contributed by atoms with Crippen LogP contribution < -0.4 is 16.4 Å². The predicted molar refractivity (Wildman–Crippen MR) is 82.6 cm³/mol. The van der Waals surface area contributed by atoms with Crippen LogP contribution >= 0.6 is 31.9 Å². The molecule has 1 amide bonds. The fraction of sp³-hybridized carbons (Fsp3) is 0.636. The first-order valence-corrected chi connectivity index (χ1v) is 8.11. The molecular weight excluding hydrogens is 394 g/mol. The summed E-state index contributed by atoms with van der Waals surface area (Å²) in [5.41, 5.74) is 5.99. The molecule has 1 aliphatic rings. The lowest BCUT2D eigenvalue weighted by Gasteiger charge is -2.13. The van der Waals surface area contributed by atoms with Crippen LogP contribution in [0.4, 0.5) is 5.95 Å². The number of aliphatic hydroxyl groups is 1. The van der Waals surface area contributed by atoms with Crippen LogP contribution in [0, 0.1) is 0 Å². The average Bonchev–Trinajstić information content (AvgIpc) is 2.96. The normalized spacial score (nSPS) is 27.4. The number of aromatic nitrogens is 2. The van der Waals surface area contributed by atoms with Crippen molar-refractivity contribution in [2.24, 2.45) is 0 Å². The van der Waals surface area contributed by atoms with E-state index in [4.69, 9.17) is 5.73 Å². The molecule has 7 nitrogen and oxygen atoms in total. The summed E-state index contributed by atoms with van der Waals surface area (Å²) in [6.45, 7) is 0.386. The second-order valence-corrected chi connectivity index (χ2v) is 6.85. The average molecular weight is 411 g/mol. The van der Waals surface area contributed by atoms with Crippen LogP contribution in [0.1, 0.15) is 24.6 Å². The van der Waals surface area contributed by atoms with Gasteiger partial charge in [-0.25, -0.2) is 4.98 Å². The number of hydrogen-bond donors (Lipinski definition) is 5. The van der Waals surface area contributed by atoms with Crippen LogP contribution in [0.15, 0.2) is 6.20 Å². The number of hydrogen-bond acceptors (Lipinski definition) is 5. The summed E-state index contributed by atoms with van der Waals surface area (Å²) in [5, 5.41) is 15.8. The van der Waals surface area contributed by atoms with E-state index in [0.717, 1.165) is 6.42 Å². The third-order valence-corrected chi connectivity index (χ3v) is 5.66. The fourth-order valence-electron chi connectivity index (χ4n) is 2.02. The highest BCUT2D eigenvalue weighted by Crippen LogP contribution is 2.24. The Labute approximate surface area is 133 Å². The molecule has 0 spiro atoms. The van der Waals surface area contributed by atoms with Crippen LogP contribution in [0.5, 0.6) is 0 Å². The minimum Gasteiger partial charge on any atom is -0.387 e. The van der Waals surface area contributed by atoms with E-state index in [0.29, 0.717) is 18.7 Å². The van der Waals surface area contributed by atoms with Gasteiger partial charge < -0.3 is 21.1 Å². The number of rotatable bonds is 5. The van der Waals surface area contributed by atoms with Crippen molar-refractivity contribution in [3.8, 4) is 0 Å². The van der Waals surface area contributed by atoms with Gasteiger partial charge in [0.1, 0.15) is 0 Å². The highest BCUT2D eigenvalue weighted by atomic mass is 79.9. The van der Waals surface area contributed by atoms with Crippen molar-refractivity contribution in [1.29, 1.82) is 0 Å². The Kier molecular flexibility index (Phi) is 5.42. The van der Waals surface area contributed by atoms with E-state index in [1.165, 1.54) is 6.20 Å². The number of anilines is 1. The first-order valence-electron chi connectivity index (χ1n) is 6.27. The Hall–Kier alpha value is -0.640. The predicted octanol–water partition coefficient (Wildman–Crippen LogP) is 0.378. The number of nitrogen functional groups attached to an aromatic ring is 1. The summed E-state index contributed by atoms with van der Waals surface area (Å²) in [7, 11) is 0. The van der Waals surface area contributed by atoms with E-state index in [9.17, 15) is 9.90 Å². The molecule has 20 heavy (non-hydrogen) atoms. The van der Waals surface area contributed by atoms with Gasteiger partial charge in [0, 0.05) is 11.4 Å². The number of halogens is 2. The van der Waals surface area contributed by atoms with Crippen molar-refractivity contribution in [3.63, 3.8) is 0 Å². The molecule has 4 unspecified atom stereocenters. The van der Waals surface area contributed by atoms with E-state index in [2.05, 4.69) is 52.5 Å². The molecule has 0 aliphatic carbocycles. The topological polar surface area (TPSA) is 116 Å². The summed E-state index contributed by atoms with van der Waals surface area (Å²) < 4.78 is 0. The number of carbonyl (C=O) groups is 1. The van der Waals surface area contributed by atoms with Gasteiger partial charge in [-0.2, -0.15) is 0 Å². The first kappa shape index (κ1) is 15.7. The first-order chi connectivity index (χ1) is 9.47. The molecule has 2 rings (SSSR count). The molecule has 1 aromatic rings. The van der Waals surface area contributed by atoms with Gasteiger partial charge in [0.05, 0.1) is 29.0 Å². The Morgan fingerprint density at radius 2 is 2.40 bits per heavy atom. The van der Waals surface area contributed by atoms with Crippen molar-refractivity contribution in [2.75, 3.05) is 12.3 Å². The Bertz CT molecular complexity index is 459. The number of nitrogens with two attached hydrogens (primary N) is 1. The number of nitrogens with one attached hydrogen (secondary N) is 3. The number of carbonyl (C=O) groups excluding carboxylic acids is 1. The Morgan fingerprint density at radius 1 is 1.65 bits per heavy atom. The molecule has 0 saturated carbocycles. The van der Waals surface area contributed by atoms with Gasteiger partial charge in [-0.3, -0.25) is 10.1 Å². The van der Waals surface area contributed by atoms with Crippen molar-refractivity contribution < 1.29 is 9.90 Å². The number of amides is 1. The molecule has 0 bridgehead atoms. The van der Waals surface area contributed by atoms with E-state index >= 15 is 0 Å². The van der Waals surface area contributed by atoms with Crippen LogP contribution in [-0.4, -0.2) is 43.3 Å². The summed E-state index contributed by atoms with van der Waals surface area (Å²) in [4.78, 5) is 18.8. The monoisotopic (exact) mass is 409 g/mol. The maximum absolute atomic E-state index is 11.9. The third kappa shape index (κ3) is 3.94. The van der Waals surface area contributed by atoms with Gasteiger partial charge in [0.2, 0.25) is 5.91 Å². The molecule has 0 radical (unpaired) electrons. The van der Waals surface area contributed by atoms with Gasteiger partial charge in [-0.05, 0) is 12.8 Å². The smallest absolute Gasteiger partial charge is 0.237 e. The zero-order valence-electron chi connectivity index (χ0n) is 10.6. The molecule has 0 aromatic carbocycles. The molecule has 6 N–H and O–H groups in total. The quantitative estimate of drug-likeness (QED) is 0.355.